The van der Waals surface area contributed by atoms with Gasteiger partial charge >= 0.3 is 12.5 Å². The standard InChI is InChI=1S/C12H15F3N2O3/c1-17(2)7-10(19-11(16)18)8-3-5-9(6-4-8)20-12(13,14)15/h3-6,10H,7H2,1-2H3,(H2,16,18). The zero-order valence-corrected chi connectivity index (χ0v) is 11.0. The summed E-state index contributed by atoms with van der Waals surface area (Å²) in [5.74, 6) is -0.344. The van der Waals surface area contributed by atoms with Crippen LogP contribution in [0, 0.1) is 0 Å². The Morgan fingerprint density at radius 3 is 2.25 bits per heavy atom. The normalized spacial score (nSPS) is 13.1. The molecule has 1 unspecified atom stereocenters. The van der Waals surface area contributed by atoms with Crippen LogP contribution in [-0.4, -0.2) is 38.0 Å². The van der Waals surface area contributed by atoms with E-state index in [4.69, 9.17) is 10.5 Å². The zero-order chi connectivity index (χ0) is 15.3. The molecule has 5 nitrogen and oxygen atoms in total. The van der Waals surface area contributed by atoms with Crippen LogP contribution in [0.4, 0.5) is 18.0 Å². The molecule has 1 atom stereocenters. The Balaban J connectivity index is 2.84. The SMILES string of the molecule is CN(C)CC(OC(N)=O)c1ccc(OC(F)(F)F)cc1. The van der Waals surface area contributed by atoms with Gasteiger partial charge in [0.2, 0.25) is 0 Å². The van der Waals surface area contributed by atoms with Crippen molar-refractivity contribution in [2.24, 2.45) is 5.73 Å². The van der Waals surface area contributed by atoms with Crippen molar-refractivity contribution in [2.75, 3.05) is 20.6 Å². The number of carbonyl (C=O) groups excluding carboxylic acids is 1. The van der Waals surface area contributed by atoms with Gasteiger partial charge in [-0.25, -0.2) is 4.79 Å². The molecule has 0 heterocycles. The van der Waals surface area contributed by atoms with E-state index < -0.39 is 18.6 Å². The van der Waals surface area contributed by atoms with E-state index >= 15 is 0 Å². The summed E-state index contributed by atoms with van der Waals surface area (Å²) in [6.07, 6.45) is -6.36. The van der Waals surface area contributed by atoms with Crippen molar-refractivity contribution in [3.63, 3.8) is 0 Å². The lowest BCUT2D eigenvalue weighted by Crippen LogP contribution is -2.26. The third-order valence-electron chi connectivity index (χ3n) is 2.27. The molecule has 0 aromatic heterocycles. The molecule has 1 rings (SSSR count). The Kier molecular flexibility index (Phi) is 5.20. The molecule has 0 aliphatic carbocycles. The molecule has 0 spiro atoms. The first kappa shape index (κ1) is 16.1. The summed E-state index contributed by atoms with van der Waals surface area (Å²) in [5.41, 5.74) is 5.49. The first-order valence-corrected chi connectivity index (χ1v) is 5.64. The fraction of sp³-hybridized carbons (Fsp3) is 0.417. The van der Waals surface area contributed by atoms with E-state index in [0.29, 0.717) is 12.1 Å². The van der Waals surface area contributed by atoms with E-state index in [1.165, 1.54) is 12.1 Å². The van der Waals surface area contributed by atoms with Crippen LogP contribution < -0.4 is 10.5 Å². The van der Waals surface area contributed by atoms with E-state index in [2.05, 4.69) is 4.74 Å². The predicted octanol–water partition coefficient (Wildman–Crippen LogP) is 2.28. The maximum absolute atomic E-state index is 12.0. The zero-order valence-electron chi connectivity index (χ0n) is 11.0. The predicted molar refractivity (Wildman–Crippen MR) is 65.1 cm³/mol. The van der Waals surface area contributed by atoms with Crippen molar-refractivity contribution in [1.82, 2.24) is 4.90 Å². The molecule has 0 saturated heterocycles. The number of alkyl halides is 3. The second kappa shape index (κ2) is 6.47. The smallest absolute Gasteiger partial charge is 0.440 e. The van der Waals surface area contributed by atoms with E-state index in [9.17, 15) is 18.0 Å². The van der Waals surface area contributed by atoms with Crippen molar-refractivity contribution in [3.05, 3.63) is 29.8 Å². The second-order valence-corrected chi connectivity index (χ2v) is 4.30. The molecule has 0 radical (unpaired) electrons. The number of ether oxygens (including phenoxy) is 2. The fourth-order valence-corrected chi connectivity index (χ4v) is 1.57. The van der Waals surface area contributed by atoms with Gasteiger partial charge in [0.05, 0.1) is 0 Å². The Morgan fingerprint density at radius 2 is 1.85 bits per heavy atom. The van der Waals surface area contributed by atoms with Gasteiger partial charge in [0.15, 0.2) is 0 Å². The van der Waals surface area contributed by atoms with Gasteiger partial charge in [0, 0.05) is 6.54 Å². The molecule has 0 saturated carbocycles. The quantitative estimate of drug-likeness (QED) is 0.904. The van der Waals surface area contributed by atoms with Gasteiger partial charge in [-0.3, -0.25) is 0 Å². The van der Waals surface area contributed by atoms with Crippen molar-refractivity contribution in [1.29, 1.82) is 0 Å². The van der Waals surface area contributed by atoms with Gasteiger partial charge in [-0.2, -0.15) is 0 Å². The molecule has 8 heteroatoms. The number of amides is 1. The Hall–Kier alpha value is -1.96. The average molecular weight is 292 g/mol. The minimum atomic E-state index is -4.74. The van der Waals surface area contributed by atoms with Gasteiger partial charge in [0.1, 0.15) is 11.9 Å². The number of rotatable bonds is 5. The molecule has 2 N–H and O–H groups in total. The molecule has 20 heavy (non-hydrogen) atoms. The number of halogens is 3. The van der Waals surface area contributed by atoms with E-state index in [0.717, 1.165) is 12.1 Å². The van der Waals surface area contributed by atoms with Gasteiger partial charge in [0.25, 0.3) is 0 Å². The highest BCUT2D eigenvalue weighted by atomic mass is 19.4. The highest BCUT2D eigenvalue weighted by Gasteiger charge is 2.31. The van der Waals surface area contributed by atoms with Crippen molar-refractivity contribution in [2.45, 2.75) is 12.5 Å². The summed E-state index contributed by atoms with van der Waals surface area (Å²) in [7, 11) is 3.52. The van der Waals surface area contributed by atoms with Crippen molar-refractivity contribution < 1.29 is 27.4 Å². The topological polar surface area (TPSA) is 64.8 Å². The van der Waals surface area contributed by atoms with Crippen LogP contribution in [0.5, 0.6) is 5.75 Å². The minimum absolute atomic E-state index is 0.344. The summed E-state index contributed by atoms with van der Waals surface area (Å²) < 4.78 is 44.8. The summed E-state index contributed by atoms with van der Waals surface area (Å²) in [6, 6.07) is 5.07. The van der Waals surface area contributed by atoms with Gasteiger partial charge < -0.3 is 20.1 Å². The number of primary amides is 1. The molecule has 1 aromatic carbocycles. The molecule has 0 aliphatic rings. The number of nitrogens with two attached hydrogens (primary N) is 1. The fourth-order valence-electron chi connectivity index (χ4n) is 1.57. The van der Waals surface area contributed by atoms with Crippen LogP contribution in [0.3, 0.4) is 0 Å². The molecular weight excluding hydrogens is 277 g/mol. The molecule has 0 aliphatic heterocycles. The molecule has 0 bridgehead atoms. The number of likely N-dealkylation sites (N-methyl/N-ethyl adjacent to an activating group) is 1. The van der Waals surface area contributed by atoms with E-state index in [1.54, 1.807) is 19.0 Å². The molecule has 1 amide bonds. The maximum atomic E-state index is 12.0. The molecule has 112 valence electrons. The van der Waals surface area contributed by atoms with Crippen LogP contribution >= 0.6 is 0 Å². The van der Waals surface area contributed by atoms with Crippen molar-refractivity contribution >= 4 is 6.09 Å². The maximum Gasteiger partial charge on any atom is 0.573 e. The van der Waals surface area contributed by atoms with Crippen LogP contribution in [0.1, 0.15) is 11.7 Å². The summed E-state index contributed by atoms with van der Waals surface area (Å²) in [5, 5.41) is 0. The lowest BCUT2D eigenvalue weighted by molar-refractivity contribution is -0.274. The third-order valence-corrected chi connectivity index (χ3v) is 2.27. The largest absolute Gasteiger partial charge is 0.573 e. The first-order chi connectivity index (χ1) is 9.17. The second-order valence-electron chi connectivity index (χ2n) is 4.30. The summed E-state index contributed by atoms with van der Waals surface area (Å²) in [4.78, 5) is 12.6. The molecule has 1 aromatic rings. The number of nitrogens with zero attached hydrogens (tertiary/aromatic N) is 1. The first-order valence-electron chi connectivity index (χ1n) is 5.64. The third kappa shape index (κ3) is 5.79. The van der Waals surface area contributed by atoms with E-state index in [1.807, 2.05) is 0 Å². The lowest BCUT2D eigenvalue weighted by Gasteiger charge is -2.21. The van der Waals surface area contributed by atoms with Crippen LogP contribution in [-0.2, 0) is 4.74 Å². The number of hydrogen-bond acceptors (Lipinski definition) is 4. The minimum Gasteiger partial charge on any atom is -0.440 e. The Labute approximate surface area is 114 Å². The Morgan fingerprint density at radius 1 is 1.30 bits per heavy atom. The average Bonchev–Trinajstić information content (AvgIpc) is 2.25. The molecule has 0 fully saturated rings. The number of hydrogen-bond donors (Lipinski definition) is 1. The highest BCUT2D eigenvalue weighted by molar-refractivity contribution is 5.65. The molecular formula is C12H15F3N2O3. The van der Waals surface area contributed by atoms with Crippen LogP contribution in [0.2, 0.25) is 0 Å². The highest BCUT2D eigenvalue weighted by Crippen LogP contribution is 2.25. The van der Waals surface area contributed by atoms with Gasteiger partial charge in [-0.05, 0) is 31.8 Å². The summed E-state index contributed by atoms with van der Waals surface area (Å²) in [6.45, 7) is 0.350. The van der Waals surface area contributed by atoms with Crippen LogP contribution in [0.25, 0.3) is 0 Å². The Bertz CT molecular complexity index is 446. The lowest BCUT2D eigenvalue weighted by atomic mass is 10.1. The number of carbonyl (C=O) groups is 1. The number of benzene rings is 1. The summed E-state index contributed by atoms with van der Waals surface area (Å²) >= 11 is 0. The monoisotopic (exact) mass is 292 g/mol. The van der Waals surface area contributed by atoms with Gasteiger partial charge in [-0.15, -0.1) is 13.2 Å². The van der Waals surface area contributed by atoms with E-state index in [-0.39, 0.29) is 5.75 Å². The van der Waals surface area contributed by atoms with Crippen molar-refractivity contribution in [3.8, 4) is 5.75 Å². The van der Waals surface area contributed by atoms with Gasteiger partial charge in [-0.1, -0.05) is 12.1 Å². The van der Waals surface area contributed by atoms with Crippen LogP contribution in [0.15, 0.2) is 24.3 Å².